The summed E-state index contributed by atoms with van der Waals surface area (Å²) in [5.41, 5.74) is 0.676. The van der Waals surface area contributed by atoms with Crippen LogP contribution in [0.25, 0.3) is 0 Å². The number of rotatable bonds is 7. The second-order valence-corrected chi connectivity index (χ2v) is 5.41. The number of hydrogen-bond donors (Lipinski definition) is 1. The molecule has 2 aromatic rings. The van der Waals surface area contributed by atoms with Gasteiger partial charge in [0.25, 0.3) is 0 Å². The molecule has 2 rings (SSSR count). The number of aromatic hydroxyl groups is 1. The molecule has 0 spiro atoms. The fourth-order valence-electron chi connectivity index (χ4n) is 1.81. The van der Waals surface area contributed by atoms with E-state index in [0.29, 0.717) is 25.3 Å². The number of ether oxygens (including phenoxy) is 2. The third-order valence-electron chi connectivity index (χ3n) is 2.84. The van der Waals surface area contributed by atoms with Crippen LogP contribution < -0.4 is 9.47 Å². The molecule has 0 bridgehead atoms. The third-order valence-corrected chi connectivity index (χ3v) is 3.34. The van der Waals surface area contributed by atoms with Crippen LogP contribution in [-0.4, -0.2) is 31.1 Å². The lowest BCUT2D eigenvalue weighted by Gasteiger charge is -2.06. The van der Waals surface area contributed by atoms with Crippen molar-refractivity contribution in [2.24, 2.45) is 4.99 Å². The fourth-order valence-corrected chi connectivity index (χ4v) is 2.19. The Morgan fingerprint density at radius 1 is 1.09 bits per heavy atom. The Labute approximate surface area is 138 Å². The summed E-state index contributed by atoms with van der Waals surface area (Å²) in [6.07, 6.45) is 1.64. The van der Waals surface area contributed by atoms with Crippen molar-refractivity contribution < 1.29 is 14.6 Å². The normalized spacial score (nSPS) is 10.8. The maximum atomic E-state index is 9.68. The van der Waals surface area contributed by atoms with Crippen LogP contribution in [0, 0.1) is 0 Å². The summed E-state index contributed by atoms with van der Waals surface area (Å²) >= 11 is 3.36. The highest BCUT2D eigenvalue weighted by atomic mass is 79.9. The molecular weight excluding hydrogens is 346 g/mol. The van der Waals surface area contributed by atoms with E-state index in [-0.39, 0.29) is 5.75 Å². The SMILES string of the molecule is CCOc1ccc(OCCN=Cc2cc(Br)ccc2O)cc1. The molecule has 0 aliphatic rings. The maximum Gasteiger partial charge on any atom is 0.124 e. The van der Waals surface area contributed by atoms with Crippen molar-refractivity contribution in [1.82, 2.24) is 0 Å². The molecule has 0 fully saturated rings. The van der Waals surface area contributed by atoms with Gasteiger partial charge in [-0.15, -0.1) is 0 Å². The number of hydrogen-bond acceptors (Lipinski definition) is 4. The van der Waals surface area contributed by atoms with Crippen molar-refractivity contribution >= 4 is 22.1 Å². The molecule has 0 saturated carbocycles. The Hall–Kier alpha value is -2.01. The molecule has 4 nitrogen and oxygen atoms in total. The first-order chi connectivity index (χ1) is 10.7. The second kappa shape index (κ2) is 8.44. The van der Waals surface area contributed by atoms with Crippen LogP contribution in [0.3, 0.4) is 0 Å². The van der Waals surface area contributed by atoms with Crippen LogP contribution >= 0.6 is 15.9 Å². The zero-order valence-electron chi connectivity index (χ0n) is 12.3. The molecule has 0 radical (unpaired) electrons. The number of aliphatic imine (C=N–C) groups is 1. The Morgan fingerprint density at radius 3 is 2.45 bits per heavy atom. The largest absolute Gasteiger partial charge is 0.507 e. The van der Waals surface area contributed by atoms with Gasteiger partial charge in [-0.2, -0.15) is 0 Å². The molecule has 0 aromatic heterocycles. The first kappa shape index (κ1) is 16.4. The third kappa shape index (κ3) is 5.07. The molecular formula is C17H18BrNO3. The van der Waals surface area contributed by atoms with E-state index in [1.54, 1.807) is 18.3 Å². The van der Waals surface area contributed by atoms with Crippen molar-refractivity contribution in [3.8, 4) is 17.2 Å². The monoisotopic (exact) mass is 363 g/mol. The predicted octanol–water partition coefficient (Wildman–Crippen LogP) is 4.05. The van der Waals surface area contributed by atoms with Crippen LogP contribution in [0.4, 0.5) is 0 Å². The average molecular weight is 364 g/mol. The van der Waals surface area contributed by atoms with Gasteiger partial charge in [-0.25, -0.2) is 0 Å². The van der Waals surface area contributed by atoms with Gasteiger partial charge in [0.15, 0.2) is 0 Å². The molecule has 1 N–H and O–H groups in total. The van der Waals surface area contributed by atoms with Crippen LogP contribution in [0.15, 0.2) is 51.9 Å². The van der Waals surface area contributed by atoms with Crippen LogP contribution in [0.2, 0.25) is 0 Å². The number of halogens is 1. The molecule has 0 aliphatic carbocycles. The Balaban J connectivity index is 1.79. The van der Waals surface area contributed by atoms with Gasteiger partial charge >= 0.3 is 0 Å². The summed E-state index contributed by atoms with van der Waals surface area (Å²) in [5.74, 6) is 1.82. The summed E-state index contributed by atoms with van der Waals surface area (Å²) in [6.45, 7) is 3.58. The van der Waals surface area contributed by atoms with Gasteiger partial charge in [0, 0.05) is 16.3 Å². The summed E-state index contributed by atoms with van der Waals surface area (Å²) in [7, 11) is 0. The lowest BCUT2D eigenvalue weighted by Crippen LogP contribution is -2.01. The summed E-state index contributed by atoms with van der Waals surface area (Å²) in [5, 5.41) is 9.68. The molecule has 116 valence electrons. The highest BCUT2D eigenvalue weighted by Gasteiger charge is 1.98. The van der Waals surface area contributed by atoms with Gasteiger partial charge in [-0.3, -0.25) is 4.99 Å². The zero-order valence-corrected chi connectivity index (χ0v) is 13.9. The standard InChI is InChI=1S/C17H18BrNO3/c1-2-21-15-4-6-16(7-5-15)22-10-9-19-12-13-11-14(18)3-8-17(13)20/h3-8,11-12,20H,2,9-10H2,1H3. The fraction of sp³-hybridized carbons (Fsp3) is 0.235. The van der Waals surface area contributed by atoms with Crippen molar-refractivity contribution in [1.29, 1.82) is 0 Å². The Morgan fingerprint density at radius 2 is 1.77 bits per heavy atom. The van der Waals surface area contributed by atoms with E-state index in [9.17, 15) is 5.11 Å². The molecule has 2 aromatic carbocycles. The van der Waals surface area contributed by atoms with Crippen molar-refractivity contribution in [3.05, 3.63) is 52.5 Å². The second-order valence-electron chi connectivity index (χ2n) is 4.49. The van der Waals surface area contributed by atoms with Gasteiger partial charge in [0.2, 0.25) is 0 Å². The number of phenols is 1. The topological polar surface area (TPSA) is 51.0 Å². The van der Waals surface area contributed by atoms with Gasteiger partial charge in [-0.1, -0.05) is 15.9 Å². The van der Waals surface area contributed by atoms with Gasteiger partial charge in [0.1, 0.15) is 23.9 Å². The van der Waals surface area contributed by atoms with Crippen molar-refractivity contribution in [2.75, 3.05) is 19.8 Å². The van der Waals surface area contributed by atoms with Gasteiger partial charge in [-0.05, 0) is 49.4 Å². The van der Waals surface area contributed by atoms with Crippen molar-refractivity contribution in [3.63, 3.8) is 0 Å². The summed E-state index contributed by atoms with van der Waals surface area (Å²) in [4.78, 5) is 4.25. The minimum Gasteiger partial charge on any atom is -0.507 e. The van der Waals surface area contributed by atoms with E-state index in [2.05, 4.69) is 20.9 Å². The minimum atomic E-state index is 0.208. The molecule has 0 atom stereocenters. The lowest BCUT2D eigenvalue weighted by molar-refractivity contribution is 0.323. The van der Waals surface area contributed by atoms with Gasteiger partial charge in [0.05, 0.1) is 13.2 Å². The van der Waals surface area contributed by atoms with Gasteiger partial charge < -0.3 is 14.6 Å². The maximum absolute atomic E-state index is 9.68. The molecule has 0 heterocycles. The molecule has 0 saturated heterocycles. The highest BCUT2D eigenvalue weighted by Crippen LogP contribution is 2.20. The summed E-state index contributed by atoms with van der Waals surface area (Å²) < 4.78 is 11.9. The lowest BCUT2D eigenvalue weighted by atomic mass is 10.2. The summed E-state index contributed by atoms with van der Waals surface area (Å²) in [6, 6.07) is 12.7. The zero-order chi connectivity index (χ0) is 15.8. The molecule has 0 aliphatic heterocycles. The molecule has 22 heavy (non-hydrogen) atoms. The Kier molecular flexibility index (Phi) is 6.27. The first-order valence-electron chi connectivity index (χ1n) is 7.03. The van der Waals surface area contributed by atoms with Crippen LogP contribution in [-0.2, 0) is 0 Å². The van der Waals surface area contributed by atoms with E-state index < -0.39 is 0 Å². The number of phenolic OH excluding ortho intramolecular Hbond substituents is 1. The van der Waals surface area contributed by atoms with E-state index in [1.165, 1.54) is 0 Å². The van der Waals surface area contributed by atoms with E-state index in [0.717, 1.165) is 16.0 Å². The average Bonchev–Trinajstić information content (AvgIpc) is 2.52. The Bertz CT molecular complexity index is 626. The van der Waals surface area contributed by atoms with E-state index in [1.807, 2.05) is 37.3 Å². The van der Waals surface area contributed by atoms with Crippen LogP contribution in [0.5, 0.6) is 17.2 Å². The van der Waals surface area contributed by atoms with E-state index in [4.69, 9.17) is 9.47 Å². The van der Waals surface area contributed by atoms with Crippen LogP contribution in [0.1, 0.15) is 12.5 Å². The highest BCUT2D eigenvalue weighted by molar-refractivity contribution is 9.10. The smallest absolute Gasteiger partial charge is 0.124 e. The quantitative estimate of drug-likeness (QED) is 0.596. The molecule has 5 heteroatoms. The predicted molar refractivity (Wildman–Crippen MR) is 91.4 cm³/mol. The number of benzene rings is 2. The molecule has 0 amide bonds. The molecule has 0 unspecified atom stereocenters. The number of nitrogens with zero attached hydrogens (tertiary/aromatic N) is 1. The minimum absolute atomic E-state index is 0.208. The first-order valence-corrected chi connectivity index (χ1v) is 7.82. The van der Waals surface area contributed by atoms with E-state index >= 15 is 0 Å². The van der Waals surface area contributed by atoms with Crippen molar-refractivity contribution in [2.45, 2.75) is 6.92 Å².